The van der Waals surface area contributed by atoms with Crippen LogP contribution in [-0.2, 0) is 6.54 Å². The second-order valence-corrected chi connectivity index (χ2v) is 9.10. The van der Waals surface area contributed by atoms with Gasteiger partial charge in [-0.25, -0.2) is 19.3 Å². The van der Waals surface area contributed by atoms with Crippen LogP contribution in [0.2, 0.25) is 0 Å². The number of rotatable bonds is 8. The van der Waals surface area contributed by atoms with Crippen molar-refractivity contribution < 1.29 is 4.39 Å². The first-order valence-electron chi connectivity index (χ1n) is 12.1. The monoisotopic (exact) mass is 480 g/mol. The van der Waals surface area contributed by atoms with Gasteiger partial charge in [0.05, 0.1) is 23.1 Å². The van der Waals surface area contributed by atoms with Gasteiger partial charge in [-0.15, -0.1) is 0 Å². The van der Waals surface area contributed by atoms with Gasteiger partial charge in [0.1, 0.15) is 11.5 Å². The summed E-state index contributed by atoms with van der Waals surface area (Å²) in [4.78, 5) is 16.5. The number of aromatic nitrogens is 4. The molecule has 182 valence electrons. The van der Waals surface area contributed by atoms with Crippen molar-refractivity contribution in [2.45, 2.75) is 25.9 Å². The molecule has 3 heterocycles. The lowest BCUT2D eigenvalue weighted by Gasteiger charge is -2.17. The number of halogens is 1. The summed E-state index contributed by atoms with van der Waals surface area (Å²) in [5, 5.41) is 3.49. The second-order valence-electron chi connectivity index (χ2n) is 9.10. The van der Waals surface area contributed by atoms with Crippen LogP contribution < -0.4 is 5.32 Å². The fourth-order valence-corrected chi connectivity index (χ4v) is 4.43. The third kappa shape index (κ3) is 4.97. The van der Waals surface area contributed by atoms with Gasteiger partial charge in [0.25, 0.3) is 0 Å². The Morgan fingerprint density at radius 2 is 1.75 bits per heavy atom. The first kappa shape index (κ1) is 23.6. The Balaban J connectivity index is 1.60. The minimum Gasteiger partial charge on any atom is -0.347 e. The van der Waals surface area contributed by atoms with Gasteiger partial charge in [0, 0.05) is 24.5 Å². The van der Waals surface area contributed by atoms with Crippen LogP contribution >= 0.6 is 0 Å². The molecule has 0 spiro atoms. The summed E-state index contributed by atoms with van der Waals surface area (Å²) >= 11 is 0. The van der Waals surface area contributed by atoms with E-state index < -0.39 is 0 Å². The molecule has 0 saturated heterocycles. The van der Waals surface area contributed by atoms with Crippen molar-refractivity contribution >= 4 is 11.6 Å². The predicted molar refractivity (Wildman–Crippen MR) is 142 cm³/mol. The fourth-order valence-electron chi connectivity index (χ4n) is 4.43. The smallest absolute Gasteiger partial charge is 0.223 e. The van der Waals surface area contributed by atoms with E-state index in [9.17, 15) is 4.39 Å². The van der Waals surface area contributed by atoms with Crippen molar-refractivity contribution in [3.8, 4) is 22.6 Å². The first-order chi connectivity index (χ1) is 17.5. The lowest BCUT2D eigenvalue weighted by molar-refractivity contribution is 0.402. The van der Waals surface area contributed by atoms with Gasteiger partial charge >= 0.3 is 0 Å². The summed E-state index contributed by atoms with van der Waals surface area (Å²) in [6.07, 6.45) is 4.68. The Kier molecular flexibility index (Phi) is 6.73. The summed E-state index contributed by atoms with van der Waals surface area (Å²) < 4.78 is 15.7. The maximum absolute atomic E-state index is 13.7. The molecular weight excluding hydrogens is 451 g/mol. The van der Waals surface area contributed by atoms with Crippen LogP contribution in [0, 0.1) is 5.82 Å². The van der Waals surface area contributed by atoms with Gasteiger partial charge in [-0.2, -0.15) is 0 Å². The Labute approximate surface area is 210 Å². The normalized spacial score (nSPS) is 12.2. The third-order valence-corrected chi connectivity index (χ3v) is 6.12. The van der Waals surface area contributed by atoms with Gasteiger partial charge in [-0.3, -0.25) is 4.40 Å². The molecule has 2 aromatic carbocycles. The molecule has 0 fully saturated rings. The van der Waals surface area contributed by atoms with E-state index in [0.717, 1.165) is 46.8 Å². The molecule has 6 nitrogen and oxygen atoms in total. The van der Waals surface area contributed by atoms with E-state index >= 15 is 0 Å². The van der Waals surface area contributed by atoms with Crippen LogP contribution in [0.1, 0.15) is 30.5 Å². The molecule has 5 aromatic rings. The predicted octanol–water partition coefficient (Wildman–Crippen LogP) is 6.22. The molecule has 1 unspecified atom stereocenters. The summed E-state index contributed by atoms with van der Waals surface area (Å²) in [5.74, 6) is 0.268. The van der Waals surface area contributed by atoms with E-state index in [2.05, 4.69) is 46.4 Å². The molecule has 1 atom stereocenters. The van der Waals surface area contributed by atoms with Crippen LogP contribution in [0.4, 0.5) is 10.3 Å². The quantitative estimate of drug-likeness (QED) is 0.286. The van der Waals surface area contributed by atoms with Crippen molar-refractivity contribution in [3.63, 3.8) is 0 Å². The molecular formula is C29H29FN6. The Bertz CT molecular complexity index is 1460. The molecule has 0 aliphatic heterocycles. The number of fused-ring (bicyclic) bond motifs is 1. The van der Waals surface area contributed by atoms with E-state index in [1.165, 1.54) is 17.7 Å². The number of hydrogen-bond donors (Lipinski definition) is 1. The fraction of sp³-hybridized carbons (Fsp3) is 0.207. The van der Waals surface area contributed by atoms with Crippen molar-refractivity contribution in [3.05, 3.63) is 102 Å². The summed E-state index contributed by atoms with van der Waals surface area (Å²) in [5.41, 5.74) is 6.31. The molecule has 1 N–H and O–H groups in total. The molecule has 0 aliphatic carbocycles. The molecule has 0 aliphatic rings. The third-order valence-electron chi connectivity index (χ3n) is 6.12. The van der Waals surface area contributed by atoms with Crippen LogP contribution in [0.5, 0.6) is 0 Å². The molecule has 3 aromatic heterocycles. The second kappa shape index (κ2) is 10.3. The van der Waals surface area contributed by atoms with E-state index in [1.54, 1.807) is 18.3 Å². The number of hydrogen-bond acceptors (Lipinski definition) is 5. The SMILES string of the molecule is CCC(Nc1nccc(-c2c(-c3ccc(F)cc3)nc3cc(CN(C)C)ccn23)n1)c1ccccc1. The zero-order chi connectivity index (χ0) is 25.1. The maximum Gasteiger partial charge on any atom is 0.223 e. The summed E-state index contributed by atoms with van der Waals surface area (Å²) in [6, 6.07) is 22.9. The molecule has 36 heavy (non-hydrogen) atoms. The number of imidazole rings is 1. The Morgan fingerprint density at radius 3 is 2.47 bits per heavy atom. The Morgan fingerprint density at radius 1 is 0.972 bits per heavy atom. The number of nitrogens with one attached hydrogen (secondary N) is 1. The number of nitrogens with zero attached hydrogens (tertiary/aromatic N) is 5. The largest absolute Gasteiger partial charge is 0.347 e. The average molecular weight is 481 g/mol. The molecule has 0 bridgehead atoms. The van der Waals surface area contributed by atoms with Gasteiger partial charge in [-0.1, -0.05) is 37.3 Å². The minimum atomic E-state index is -0.280. The minimum absolute atomic E-state index is 0.0915. The number of anilines is 1. The van der Waals surface area contributed by atoms with E-state index in [1.807, 2.05) is 49.0 Å². The lowest BCUT2D eigenvalue weighted by atomic mass is 10.1. The van der Waals surface area contributed by atoms with Crippen LogP contribution in [0.25, 0.3) is 28.3 Å². The van der Waals surface area contributed by atoms with Crippen molar-refractivity contribution in [1.29, 1.82) is 0 Å². The van der Waals surface area contributed by atoms with Crippen molar-refractivity contribution in [2.24, 2.45) is 0 Å². The van der Waals surface area contributed by atoms with Gasteiger partial charge in [0.2, 0.25) is 5.95 Å². The molecule has 7 heteroatoms. The van der Waals surface area contributed by atoms with Crippen LogP contribution in [0.15, 0.2) is 85.2 Å². The maximum atomic E-state index is 13.7. The summed E-state index contributed by atoms with van der Waals surface area (Å²) in [6.45, 7) is 2.95. The zero-order valence-corrected chi connectivity index (χ0v) is 20.7. The zero-order valence-electron chi connectivity index (χ0n) is 20.7. The molecule has 0 amide bonds. The average Bonchev–Trinajstić information content (AvgIpc) is 3.27. The van der Waals surface area contributed by atoms with Crippen molar-refractivity contribution in [2.75, 3.05) is 19.4 Å². The topological polar surface area (TPSA) is 58.4 Å². The summed E-state index contributed by atoms with van der Waals surface area (Å²) in [7, 11) is 4.08. The standard InChI is InChI=1S/C29H29FN6/c1-4-24(21-8-6-5-7-9-21)32-29-31-16-14-25(33-29)28-27(22-10-12-23(30)13-11-22)34-26-18-20(19-35(2)3)15-17-36(26)28/h5-18,24H,4,19H2,1-3H3,(H,31,32,33). The highest BCUT2D eigenvalue weighted by atomic mass is 19.1. The van der Waals surface area contributed by atoms with Crippen LogP contribution in [0.3, 0.4) is 0 Å². The van der Waals surface area contributed by atoms with E-state index in [4.69, 9.17) is 9.97 Å². The molecule has 0 saturated carbocycles. The van der Waals surface area contributed by atoms with E-state index in [0.29, 0.717) is 5.95 Å². The highest BCUT2D eigenvalue weighted by Gasteiger charge is 2.19. The van der Waals surface area contributed by atoms with Gasteiger partial charge in [-0.05, 0) is 74.1 Å². The number of benzene rings is 2. The Hall–Kier alpha value is -4.10. The lowest BCUT2D eigenvalue weighted by Crippen LogP contribution is -2.12. The number of pyridine rings is 1. The van der Waals surface area contributed by atoms with E-state index in [-0.39, 0.29) is 11.9 Å². The molecule has 5 rings (SSSR count). The molecule has 0 radical (unpaired) electrons. The van der Waals surface area contributed by atoms with Gasteiger partial charge in [0.15, 0.2) is 0 Å². The van der Waals surface area contributed by atoms with Crippen molar-refractivity contribution in [1.82, 2.24) is 24.3 Å². The first-order valence-corrected chi connectivity index (χ1v) is 12.1. The highest BCUT2D eigenvalue weighted by Crippen LogP contribution is 2.33. The highest BCUT2D eigenvalue weighted by molar-refractivity contribution is 5.80. The van der Waals surface area contributed by atoms with Crippen LogP contribution in [-0.4, -0.2) is 38.3 Å². The van der Waals surface area contributed by atoms with Gasteiger partial charge < -0.3 is 10.2 Å².